The van der Waals surface area contributed by atoms with Crippen LogP contribution < -0.4 is 0 Å². The molecule has 1 aromatic rings. The first-order chi connectivity index (χ1) is 8.49. The van der Waals surface area contributed by atoms with Crippen molar-refractivity contribution in [2.45, 2.75) is 46.1 Å². The maximum absolute atomic E-state index is 14.0. The smallest absolute Gasteiger partial charge is 0.131 e. The van der Waals surface area contributed by atoms with Gasteiger partial charge >= 0.3 is 0 Å². The van der Waals surface area contributed by atoms with Gasteiger partial charge in [0, 0.05) is 5.56 Å². The van der Waals surface area contributed by atoms with E-state index in [1.165, 1.54) is 6.42 Å². The number of hydrogen-bond donors (Lipinski definition) is 1. The van der Waals surface area contributed by atoms with Gasteiger partial charge in [-0.25, -0.2) is 4.39 Å². The highest BCUT2D eigenvalue weighted by atomic mass is 19.1. The predicted molar refractivity (Wildman–Crippen MR) is 71.8 cm³/mol. The summed E-state index contributed by atoms with van der Waals surface area (Å²) >= 11 is 0. The van der Waals surface area contributed by atoms with Crippen LogP contribution in [0.3, 0.4) is 0 Å². The summed E-state index contributed by atoms with van der Waals surface area (Å²) in [5, 5.41) is 10.4. The molecule has 1 aliphatic carbocycles. The molecule has 0 amide bonds. The van der Waals surface area contributed by atoms with Crippen LogP contribution in [0.2, 0.25) is 0 Å². The van der Waals surface area contributed by atoms with Crippen LogP contribution in [0.25, 0.3) is 0 Å². The highest BCUT2D eigenvalue weighted by molar-refractivity contribution is 5.27. The summed E-state index contributed by atoms with van der Waals surface area (Å²) in [5.74, 6) is 1.21. The third-order valence-corrected chi connectivity index (χ3v) is 4.20. The van der Waals surface area contributed by atoms with Gasteiger partial charge in [0.05, 0.1) is 6.10 Å². The summed E-state index contributed by atoms with van der Waals surface area (Å²) in [6.07, 6.45) is 2.56. The van der Waals surface area contributed by atoms with Crippen LogP contribution in [0.4, 0.5) is 4.39 Å². The third-order valence-electron chi connectivity index (χ3n) is 4.20. The minimum absolute atomic E-state index is 0.194. The number of halogens is 1. The summed E-state index contributed by atoms with van der Waals surface area (Å²) in [5.41, 5.74) is 1.09. The van der Waals surface area contributed by atoms with E-state index in [1.807, 2.05) is 6.07 Å². The van der Waals surface area contributed by atoms with Gasteiger partial charge in [0.25, 0.3) is 0 Å². The van der Waals surface area contributed by atoms with Gasteiger partial charge in [0.15, 0.2) is 0 Å². The molecular weight excluding hydrogens is 227 g/mol. The number of aryl methyl sites for hydroxylation is 1. The Bertz CT molecular complexity index is 406. The Morgan fingerprint density at radius 1 is 1.17 bits per heavy atom. The number of hydrogen-bond acceptors (Lipinski definition) is 1. The maximum Gasteiger partial charge on any atom is 0.131 e. The van der Waals surface area contributed by atoms with Crippen LogP contribution in [0.15, 0.2) is 18.2 Å². The van der Waals surface area contributed by atoms with E-state index < -0.39 is 6.10 Å². The molecule has 1 aromatic carbocycles. The molecule has 0 heterocycles. The number of benzene rings is 1. The van der Waals surface area contributed by atoms with Gasteiger partial charge in [-0.05, 0) is 49.5 Å². The highest BCUT2D eigenvalue weighted by Crippen LogP contribution is 2.40. The van der Waals surface area contributed by atoms with Crippen LogP contribution in [-0.2, 0) is 0 Å². The van der Waals surface area contributed by atoms with Crippen LogP contribution in [0, 0.1) is 30.5 Å². The molecule has 0 aliphatic heterocycles. The summed E-state index contributed by atoms with van der Waals surface area (Å²) in [7, 11) is 0. The van der Waals surface area contributed by atoms with Gasteiger partial charge in [-0.3, -0.25) is 0 Å². The topological polar surface area (TPSA) is 20.2 Å². The summed E-state index contributed by atoms with van der Waals surface area (Å²) in [4.78, 5) is 0. The molecule has 0 spiro atoms. The zero-order valence-corrected chi connectivity index (χ0v) is 11.5. The van der Waals surface area contributed by atoms with Gasteiger partial charge in [0.1, 0.15) is 5.82 Å². The third kappa shape index (κ3) is 2.74. The SMILES string of the molecule is Cc1cccc(C(O)C2CC(C)CC(C)C2)c1F. The van der Waals surface area contributed by atoms with Crippen molar-refractivity contribution in [2.24, 2.45) is 17.8 Å². The van der Waals surface area contributed by atoms with E-state index in [4.69, 9.17) is 0 Å². The lowest BCUT2D eigenvalue weighted by atomic mass is 9.73. The summed E-state index contributed by atoms with van der Waals surface area (Å²) < 4.78 is 14.0. The molecule has 3 unspecified atom stereocenters. The number of aliphatic hydroxyl groups is 1. The van der Waals surface area contributed by atoms with Crippen molar-refractivity contribution < 1.29 is 9.50 Å². The van der Waals surface area contributed by atoms with Crippen molar-refractivity contribution in [3.8, 4) is 0 Å². The zero-order valence-electron chi connectivity index (χ0n) is 11.5. The Hall–Kier alpha value is -0.890. The molecular formula is C16H23FO. The molecule has 0 bridgehead atoms. The van der Waals surface area contributed by atoms with E-state index in [-0.39, 0.29) is 11.7 Å². The van der Waals surface area contributed by atoms with Gasteiger partial charge < -0.3 is 5.11 Å². The lowest BCUT2D eigenvalue weighted by molar-refractivity contribution is 0.0526. The van der Waals surface area contributed by atoms with E-state index in [0.29, 0.717) is 23.0 Å². The molecule has 2 heteroatoms. The minimum atomic E-state index is -0.657. The molecule has 0 aromatic heterocycles. The fourth-order valence-corrected chi connectivity index (χ4v) is 3.42. The molecule has 1 N–H and O–H groups in total. The monoisotopic (exact) mass is 250 g/mol. The van der Waals surface area contributed by atoms with Crippen molar-refractivity contribution in [1.82, 2.24) is 0 Å². The Labute approximate surface area is 109 Å². The molecule has 100 valence electrons. The fourth-order valence-electron chi connectivity index (χ4n) is 3.42. The lowest BCUT2D eigenvalue weighted by Crippen LogP contribution is -2.25. The molecule has 1 nitrogen and oxygen atoms in total. The van der Waals surface area contributed by atoms with Crippen molar-refractivity contribution in [2.75, 3.05) is 0 Å². The Balaban J connectivity index is 2.20. The Morgan fingerprint density at radius 3 is 2.39 bits per heavy atom. The van der Waals surface area contributed by atoms with Crippen LogP contribution >= 0.6 is 0 Å². The fraction of sp³-hybridized carbons (Fsp3) is 0.625. The predicted octanol–water partition coefficient (Wildman–Crippen LogP) is 4.24. The van der Waals surface area contributed by atoms with E-state index >= 15 is 0 Å². The van der Waals surface area contributed by atoms with E-state index in [0.717, 1.165) is 12.8 Å². The second-order valence-corrected chi connectivity index (χ2v) is 6.10. The number of aliphatic hydroxyl groups excluding tert-OH is 1. The molecule has 1 saturated carbocycles. The van der Waals surface area contributed by atoms with Crippen molar-refractivity contribution in [3.05, 3.63) is 35.1 Å². The Morgan fingerprint density at radius 2 is 1.78 bits per heavy atom. The molecule has 1 aliphatic rings. The van der Waals surface area contributed by atoms with Gasteiger partial charge in [0.2, 0.25) is 0 Å². The molecule has 1 fully saturated rings. The standard InChI is InChI=1S/C16H23FO/c1-10-7-11(2)9-13(8-10)16(18)14-6-4-5-12(3)15(14)17/h4-6,10-11,13,16,18H,7-9H2,1-3H3. The van der Waals surface area contributed by atoms with E-state index in [9.17, 15) is 9.50 Å². The van der Waals surface area contributed by atoms with Crippen molar-refractivity contribution in [3.63, 3.8) is 0 Å². The quantitative estimate of drug-likeness (QED) is 0.832. The van der Waals surface area contributed by atoms with E-state index in [2.05, 4.69) is 13.8 Å². The van der Waals surface area contributed by atoms with Crippen molar-refractivity contribution in [1.29, 1.82) is 0 Å². The van der Waals surface area contributed by atoms with Crippen molar-refractivity contribution >= 4 is 0 Å². The lowest BCUT2D eigenvalue weighted by Gasteiger charge is -2.34. The highest BCUT2D eigenvalue weighted by Gasteiger charge is 2.31. The van der Waals surface area contributed by atoms with Crippen LogP contribution in [-0.4, -0.2) is 5.11 Å². The second kappa shape index (κ2) is 5.40. The summed E-state index contributed by atoms with van der Waals surface area (Å²) in [6, 6.07) is 5.29. The zero-order chi connectivity index (χ0) is 13.3. The first kappa shape index (κ1) is 13.5. The normalized spacial score (nSPS) is 30.2. The maximum atomic E-state index is 14.0. The van der Waals surface area contributed by atoms with Gasteiger partial charge in [-0.1, -0.05) is 32.0 Å². The first-order valence-corrected chi connectivity index (χ1v) is 6.92. The minimum Gasteiger partial charge on any atom is -0.388 e. The van der Waals surface area contributed by atoms with E-state index in [1.54, 1.807) is 19.1 Å². The molecule has 0 saturated heterocycles. The molecule has 18 heavy (non-hydrogen) atoms. The average Bonchev–Trinajstić information content (AvgIpc) is 2.30. The van der Waals surface area contributed by atoms with Crippen LogP contribution in [0.5, 0.6) is 0 Å². The number of rotatable bonds is 2. The molecule has 2 rings (SSSR count). The van der Waals surface area contributed by atoms with Gasteiger partial charge in [-0.15, -0.1) is 0 Å². The second-order valence-electron chi connectivity index (χ2n) is 6.10. The Kier molecular flexibility index (Phi) is 4.06. The first-order valence-electron chi connectivity index (χ1n) is 6.92. The summed E-state index contributed by atoms with van der Waals surface area (Å²) in [6.45, 7) is 6.20. The van der Waals surface area contributed by atoms with Crippen LogP contribution in [0.1, 0.15) is 50.3 Å². The largest absolute Gasteiger partial charge is 0.388 e. The van der Waals surface area contributed by atoms with Gasteiger partial charge in [-0.2, -0.15) is 0 Å². The molecule has 0 radical (unpaired) electrons. The molecule has 3 atom stereocenters. The average molecular weight is 250 g/mol.